The van der Waals surface area contributed by atoms with Crippen LogP contribution in [-0.4, -0.2) is 112 Å². The summed E-state index contributed by atoms with van der Waals surface area (Å²) in [5.74, 6) is -1.99. The molecule has 5 N–H and O–H groups in total. The van der Waals surface area contributed by atoms with Crippen LogP contribution in [-0.2, 0) is 19.1 Å². The molecule has 19 nitrogen and oxygen atoms in total. The number of alkyl halides is 2. The molecule has 0 radical (unpaired) electrons. The molecule has 0 bridgehead atoms. The SMILES string of the molecule is O=C1CCC(N2C(=O)c3cccc(NCCOCCCOCCNC(=O)c4ccc(-n5cc(NC(=O)c6coc(-c7ccnc(NCC8CC8)c7)n6)c(C(F)F)n5)cc4)c3C2=O)C(=O)N1. The molecule has 338 valence electrons. The van der Waals surface area contributed by atoms with Crippen LogP contribution in [0.2, 0.25) is 0 Å². The minimum atomic E-state index is -3.01. The Kier molecular flexibility index (Phi) is 13.6. The van der Waals surface area contributed by atoms with E-state index < -0.39 is 47.7 Å². The molecule has 5 heterocycles. The zero-order chi connectivity index (χ0) is 45.5. The summed E-state index contributed by atoms with van der Waals surface area (Å²) in [6, 6.07) is 13.3. The lowest BCUT2D eigenvalue weighted by atomic mass is 10.0. The quantitative estimate of drug-likeness (QED) is 0.0500. The van der Waals surface area contributed by atoms with Crippen LogP contribution in [0.25, 0.3) is 17.1 Å². The number of hydrogen-bond acceptors (Lipinski definition) is 14. The van der Waals surface area contributed by atoms with E-state index in [0.29, 0.717) is 67.0 Å². The van der Waals surface area contributed by atoms with Gasteiger partial charge in [0.2, 0.25) is 17.7 Å². The van der Waals surface area contributed by atoms with Crippen molar-refractivity contribution in [3.63, 3.8) is 0 Å². The van der Waals surface area contributed by atoms with Gasteiger partial charge in [-0.15, -0.1) is 0 Å². The van der Waals surface area contributed by atoms with Crippen LogP contribution in [0.3, 0.4) is 0 Å². The molecule has 0 spiro atoms. The number of piperidine rings is 1. The van der Waals surface area contributed by atoms with E-state index in [9.17, 15) is 37.5 Å². The Morgan fingerprint density at radius 1 is 0.892 bits per heavy atom. The van der Waals surface area contributed by atoms with E-state index in [0.717, 1.165) is 17.7 Å². The highest BCUT2D eigenvalue weighted by Crippen LogP contribution is 2.33. The number of halogens is 2. The minimum absolute atomic E-state index is 0.0349. The smallest absolute Gasteiger partial charge is 0.284 e. The standard InChI is InChI=1S/C44H44F2N10O9/c45-38(46)37-31(51-40(59)32-24-65-42(52-32)27-13-14-48-34(21-27)50-22-25-5-6-25)23-55(54-37)28-9-7-26(8-10-28)39(58)49-16-20-64-18-2-17-63-19-15-47-30-4-1-3-29-36(30)44(62)56(43(29)61)33-11-12-35(57)53-41(33)60/h1,3-4,7-10,13-14,21,23-25,33,38,47H,2,5-6,11-12,15-20,22H2,(H,48,50)(H,49,58)(H,51,59)(H,53,57,60). The van der Waals surface area contributed by atoms with Gasteiger partial charge in [-0.1, -0.05) is 6.07 Å². The van der Waals surface area contributed by atoms with Crippen LogP contribution >= 0.6 is 0 Å². The van der Waals surface area contributed by atoms with Crippen LogP contribution in [0.15, 0.2) is 77.7 Å². The average molecular weight is 895 g/mol. The maximum Gasteiger partial charge on any atom is 0.284 e. The molecule has 1 saturated heterocycles. The average Bonchev–Trinajstić information content (AvgIpc) is 3.71. The Labute approximate surface area is 369 Å². The molecule has 2 aliphatic heterocycles. The van der Waals surface area contributed by atoms with Gasteiger partial charge in [-0.2, -0.15) is 5.10 Å². The summed E-state index contributed by atoms with van der Waals surface area (Å²) >= 11 is 0. The van der Waals surface area contributed by atoms with Gasteiger partial charge in [-0.3, -0.25) is 39.0 Å². The van der Waals surface area contributed by atoms with Crippen molar-refractivity contribution in [2.24, 2.45) is 5.92 Å². The maximum absolute atomic E-state index is 14.0. The van der Waals surface area contributed by atoms with E-state index in [2.05, 4.69) is 41.7 Å². The van der Waals surface area contributed by atoms with Crippen molar-refractivity contribution in [1.82, 2.24) is 35.3 Å². The third-order valence-electron chi connectivity index (χ3n) is 10.7. The molecule has 6 amide bonds. The lowest BCUT2D eigenvalue weighted by Crippen LogP contribution is -2.54. The normalized spacial score (nSPS) is 15.9. The van der Waals surface area contributed by atoms with Crippen LogP contribution < -0.4 is 26.6 Å². The van der Waals surface area contributed by atoms with Crippen LogP contribution in [0.5, 0.6) is 0 Å². The molecule has 2 aromatic carbocycles. The first kappa shape index (κ1) is 44.2. The molecule has 65 heavy (non-hydrogen) atoms. The number of amides is 6. The summed E-state index contributed by atoms with van der Waals surface area (Å²) in [6.07, 6.45) is 4.03. The first-order chi connectivity index (χ1) is 31.5. The van der Waals surface area contributed by atoms with Gasteiger partial charge in [-0.25, -0.2) is 23.4 Å². The largest absolute Gasteiger partial charge is 0.444 e. The highest BCUT2D eigenvalue weighted by atomic mass is 19.3. The van der Waals surface area contributed by atoms with Gasteiger partial charge >= 0.3 is 0 Å². The molecule has 21 heteroatoms. The van der Waals surface area contributed by atoms with Gasteiger partial charge < -0.3 is 35.2 Å². The predicted octanol–water partition coefficient (Wildman–Crippen LogP) is 4.60. The van der Waals surface area contributed by atoms with Gasteiger partial charge in [0, 0.05) is 62.3 Å². The summed E-state index contributed by atoms with van der Waals surface area (Å²) < 4.78 is 46.0. The topological polar surface area (TPSA) is 241 Å². The van der Waals surface area contributed by atoms with E-state index in [4.69, 9.17) is 13.9 Å². The Morgan fingerprint density at radius 3 is 2.43 bits per heavy atom. The Morgan fingerprint density at radius 2 is 1.68 bits per heavy atom. The first-order valence-corrected chi connectivity index (χ1v) is 21.0. The number of oxazole rings is 1. The second-order valence-electron chi connectivity index (χ2n) is 15.4. The molecular weight excluding hydrogens is 851 g/mol. The third-order valence-corrected chi connectivity index (χ3v) is 10.7. The van der Waals surface area contributed by atoms with Gasteiger partial charge in [0.1, 0.15) is 18.1 Å². The summed E-state index contributed by atoms with van der Waals surface area (Å²) in [5.41, 5.74) is 1.07. The first-order valence-electron chi connectivity index (χ1n) is 21.0. The number of pyridine rings is 1. The number of ether oxygens (including phenoxy) is 2. The summed E-state index contributed by atoms with van der Waals surface area (Å²) in [5, 5.41) is 17.8. The number of aromatic nitrogens is 4. The Bertz CT molecular complexity index is 2590. The number of carbonyl (C=O) groups excluding carboxylic acids is 6. The lowest BCUT2D eigenvalue weighted by Gasteiger charge is -2.27. The van der Waals surface area contributed by atoms with Crippen molar-refractivity contribution in [2.75, 3.05) is 62.0 Å². The van der Waals surface area contributed by atoms with Crippen molar-refractivity contribution >= 4 is 52.6 Å². The number of nitrogens with zero attached hydrogens (tertiary/aromatic N) is 5. The van der Waals surface area contributed by atoms with Gasteiger partial charge in [0.05, 0.1) is 41.9 Å². The molecule has 1 atom stereocenters. The van der Waals surface area contributed by atoms with E-state index in [-0.39, 0.29) is 60.3 Å². The summed E-state index contributed by atoms with van der Waals surface area (Å²) in [6.45, 7) is 2.65. The minimum Gasteiger partial charge on any atom is -0.444 e. The van der Waals surface area contributed by atoms with Crippen molar-refractivity contribution in [3.05, 3.63) is 101 Å². The Balaban J connectivity index is 0.728. The maximum atomic E-state index is 14.0. The number of fused-ring (bicyclic) bond motifs is 1. The van der Waals surface area contributed by atoms with Crippen LogP contribution in [0, 0.1) is 5.92 Å². The predicted molar refractivity (Wildman–Crippen MR) is 228 cm³/mol. The number of carbonyl (C=O) groups is 6. The lowest BCUT2D eigenvalue weighted by molar-refractivity contribution is -0.136. The fourth-order valence-electron chi connectivity index (χ4n) is 7.20. The van der Waals surface area contributed by atoms with Crippen molar-refractivity contribution in [1.29, 1.82) is 0 Å². The highest BCUT2D eigenvalue weighted by Gasteiger charge is 2.45. The fourth-order valence-corrected chi connectivity index (χ4v) is 7.20. The fraction of sp³-hybridized carbons (Fsp3) is 0.341. The molecule has 3 aromatic heterocycles. The van der Waals surface area contributed by atoms with Crippen LogP contribution in [0.4, 0.5) is 26.0 Å². The van der Waals surface area contributed by atoms with Gasteiger partial charge in [-0.05, 0) is 80.1 Å². The van der Waals surface area contributed by atoms with E-state index >= 15 is 0 Å². The third kappa shape index (κ3) is 10.5. The number of nitrogens with one attached hydrogen (secondary N) is 5. The molecule has 2 fully saturated rings. The summed E-state index contributed by atoms with van der Waals surface area (Å²) in [7, 11) is 0. The number of imide groups is 2. The highest BCUT2D eigenvalue weighted by molar-refractivity contribution is 6.25. The zero-order valence-electron chi connectivity index (χ0n) is 34.8. The zero-order valence-corrected chi connectivity index (χ0v) is 34.8. The van der Waals surface area contributed by atoms with Crippen LogP contribution in [0.1, 0.15) is 85.8 Å². The van der Waals surface area contributed by atoms with Crippen molar-refractivity contribution in [2.45, 2.75) is 44.6 Å². The number of rotatable bonds is 21. The van der Waals surface area contributed by atoms with Gasteiger partial charge in [0.25, 0.3) is 30.1 Å². The summed E-state index contributed by atoms with van der Waals surface area (Å²) in [4.78, 5) is 85.5. The van der Waals surface area contributed by atoms with Gasteiger partial charge in [0.15, 0.2) is 11.4 Å². The molecule has 5 aromatic rings. The van der Waals surface area contributed by atoms with Crippen molar-refractivity contribution < 1.29 is 51.4 Å². The number of hydrogen-bond donors (Lipinski definition) is 5. The molecule has 1 unspecified atom stereocenters. The van der Waals surface area contributed by atoms with E-state index in [1.54, 1.807) is 30.5 Å². The Hall–Kier alpha value is -7.39. The molecule has 8 rings (SSSR count). The number of benzene rings is 2. The molecule has 3 aliphatic rings. The monoisotopic (exact) mass is 894 g/mol. The number of anilines is 3. The molecular formula is C44H44F2N10O9. The van der Waals surface area contributed by atoms with E-state index in [1.807, 2.05) is 0 Å². The van der Waals surface area contributed by atoms with Crippen molar-refractivity contribution in [3.8, 4) is 17.1 Å². The molecule has 1 saturated carbocycles. The second-order valence-corrected chi connectivity index (χ2v) is 15.4. The second kappa shape index (κ2) is 20.0. The molecule has 1 aliphatic carbocycles. The van der Waals surface area contributed by atoms with E-state index in [1.165, 1.54) is 54.1 Å².